The molecular formula is C20H26N2O9. The molecule has 0 aromatic carbocycles. The van der Waals surface area contributed by atoms with Crippen molar-refractivity contribution in [1.29, 1.82) is 0 Å². The van der Waals surface area contributed by atoms with E-state index in [2.05, 4.69) is 16.8 Å². The maximum Gasteiger partial charge on any atom is 0.330 e. The van der Waals surface area contributed by atoms with Crippen LogP contribution in [0.15, 0.2) is 15.8 Å². The second-order valence-corrected chi connectivity index (χ2v) is 6.54. The van der Waals surface area contributed by atoms with E-state index in [-0.39, 0.29) is 18.6 Å². The maximum atomic E-state index is 12.4. The van der Waals surface area contributed by atoms with E-state index in [1.807, 2.05) is 0 Å². The number of hydrogen-bond acceptors (Lipinski definition) is 9. The molecule has 1 saturated heterocycles. The van der Waals surface area contributed by atoms with Gasteiger partial charge in [-0.25, -0.2) is 4.79 Å². The predicted octanol–water partition coefficient (Wildman–Crippen LogP) is 0.0695. The molecule has 1 aliphatic heterocycles. The van der Waals surface area contributed by atoms with E-state index in [4.69, 9.17) is 23.7 Å². The molecule has 0 spiro atoms. The van der Waals surface area contributed by atoms with Crippen molar-refractivity contribution >= 4 is 11.9 Å². The average molecular weight is 438 g/mol. The van der Waals surface area contributed by atoms with E-state index in [0.29, 0.717) is 13.2 Å². The summed E-state index contributed by atoms with van der Waals surface area (Å²) in [5, 5.41) is 0. The lowest BCUT2D eigenvalue weighted by molar-refractivity contribution is -0.155. The molecule has 0 amide bonds. The van der Waals surface area contributed by atoms with Crippen molar-refractivity contribution in [2.75, 3.05) is 19.8 Å². The van der Waals surface area contributed by atoms with Crippen molar-refractivity contribution < 1.29 is 33.3 Å². The van der Waals surface area contributed by atoms with Crippen molar-refractivity contribution in [2.45, 2.75) is 58.8 Å². The topological polar surface area (TPSA) is 135 Å². The number of carbonyl (C=O) groups excluding carboxylic acids is 2. The molecule has 11 heteroatoms. The summed E-state index contributed by atoms with van der Waals surface area (Å²) < 4.78 is 27.7. The minimum atomic E-state index is -0.871. The average Bonchev–Trinajstić information content (AvgIpc) is 3.07. The van der Waals surface area contributed by atoms with Crippen LogP contribution in [0, 0.1) is 11.8 Å². The SMILES string of the molecule is CCOC(C#Cc1cn([C@H]2C[C@H](OC(C)=O)[C@@H](COC(C)=O)O2)c(=O)[nH]c1=O)OCC. The Labute approximate surface area is 178 Å². The number of ether oxygens (including phenoxy) is 5. The Balaban J connectivity index is 2.30. The molecule has 0 saturated carbocycles. The van der Waals surface area contributed by atoms with Gasteiger partial charge in [-0.3, -0.25) is 23.9 Å². The summed E-state index contributed by atoms with van der Waals surface area (Å²) in [5.74, 6) is 4.29. The highest BCUT2D eigenvalue weighted by Gasteiger charge is 2.39. The zero-order valence-electron chi connectivity index (χ0n) is 17.8. The first-order valence-corrected chi connectivity index (χ1v) is 9.81. The Morgan fingerprint density at radius 2 is 1.90 bits per heavy atom. The number of rotatable bonds is 8. The number of esters is 2. The van der Waals surface area contributed by atoms with Gasteiger partial charge in [-0.15, -0.1) is 0 Å². The van der Waals surface area contributed by atoms with E-state index in [1.165, 1.54) is 20.0 Å². The molecule has 0 bridgehead atoms. The van der Waals surface area contributed by atoms with Crippen LogP contribution in [-0.4, -0.2) is 59.8 Å². The number of H-pyrrole nitrogens is 1. The molecule has 1 aliphatic rings. The molecule has 1 aromatic heterocycles. The minimum Gasteiger partial charge on any atom is -0.463 e. The number of aromatic amines is 1. The van der Waals surface area contributed by atoms with Gasteiger partial charge in [-0.2, -0.15) is 0 Å². The van der Waals surface area contributed by atoms with Crippen molar-refractivity contribution in [1.82, 2.24) is 9.55 Å². The highest BCUT2D eigenvalue weighted by molar-refractivity contribution is 5.66. The molecule has 1 fully saturated rings. The van der Waals surface area contributed by atoms with Crippen LogP contribution in [0.2, 0.25) is 0 Å². The normalized spacial score (nSPS) is 20.2. The van der Waals surface area contributed by atoms with Crippen LogP contribution in [0.5, 0.6) is 0 Å². The van der Waals surface area contributed by atoms with Gasteiger partial charge in [0.15, 0.2) is 0 Å². The van der Waals surface area contributed by atoms with E-state index in [0.717, 1.165) is 4.57 Å². The van der Waals surface area contributed by atoms with Crippen molar-refractivity contribution in [3.63, 3.8) is 0 Å². The van der Waals surface area contributed by atoms with Crippen molar-refractivity contribution in [3.8, 4) is 11.8 Å². The summed E-state index contributed by atoms with van der Waals surface area (Å²) in [5.41, 5.74) is -1.40. The maximum absolute atomic E-state index is 12.4. The number of hydrogen-bond donors (Lipinski definition) is 1. The van der Waals surface area contributed by atoms with Gasteiger partial charge in [-0.1, -0.05) is 5.92 Å². The van der Waals surface area contributed by atoms with Crippen LogP contribution in [-0.2, 0) is 33.3 Å². The van der Waals surface area contributed by atoms with E-state index >= 15 is 0 Å². The predicted molar refractivity (Wildman–Crippen MR) is 106 cm³/mol. The standard InChI is InChI=1S/C20H26N2O9/c1-5-27-18(28-6-2)8-7-14-10-22(20(26)21-19(14)25)17-9-15(30-13(4)24)16(31-17)11-29-12(3)23/h10,15-18H,5-6,9,11H2,1-4H3,(H,21,25,26)/t15-,16+,17+/m0/s1. The first kappa shape index (κ1) is 24.3. The first-order valence-electron chi connectivity index (χ1n) is 9.81. The minimum absolute atomic E-state index is 0.0000726. The first-order chi connectivity index (χ1) is 14.7. The van der Waals surface area contributed by atoms with E-state index in [9.17, 15) is 19.2 Å². The summed E-state index contributed by atoms with van der Waals surface area (Å²) in [6.45, 7) is 6.62. The van der Waals surface area contributed by atoms with E-state index < -0.39 is 47.9 Å². The van der Waals surface area contributed by atoms with Crippen LogP contribution >= 0.6 is 0 Å². The smallest absolute Gasteiger partial charge is 0.330 e. The van der Waals surface area contributed by atoms with Gasteiger partial charge in [0.05, 0.1) is 0 Å². The Kier molecular flexibility index (Phi) is 8.99. The van der Waals surface area contributed by atoms with Crippen LogP contribution < -0.4 is 11.2 Å². The molecule has 1 aromatic rings. The molecule has 3 atom stereocenters. The number of carbonyl (C=O) groups is 2. The Morgan fingerprint density at radius 1 is 1.23 bits per heavy atom. The van der Waals surface area contributed by atoms with Crippen molar-refractivity contribution in [3.05, 3.63) is 32.6 Å². The molecule has 0 unspecified atom stereocenters. The van der Waals surface area contributed by atoms with Crippen LogP contribution in [0.25, 0.3) is 0 Å². The highest BCUT2D eigenvalue weighted by atomic mass is 16.7. The quantitative estimate of drug-likeness (QED) is 0.340. The van der Waals surface area contributed by atoms with Gasteiger partial charge in [0.1, 0.15) is 30.6 Å². The molecule has 2 heterocycles. The van der Waals surface area contributed by atoms with E-state index in [1.54, 1.807) is 13.8 Å². The molecule has 2 rings (SSSR count). The zero-order valence-corrected chi connectivity index (χ0v) is 17.8. The fraction of sp³-hybridized carbons (Fsp3) is 0.600. The van der Waals surface area contributed by atoms with Gasteiger partial charge in [0.2, 0.25) is 6.29 Å². The third-order valence-electron chi connectivity index (χ3n) is 4.19. The number of nitrogens with zero attached hydrogens (tertiary/aromatic N) is 1. The fourth-order valence-electron chi connectivity index (χ4n) is 2.92. The van der Waals surface area contributed by atoms with Gasteiger partial charge >= 0.3 is 17.6 Å². The highest BCUT2D eigenvalue weighted by Crippen LogP contribution is 2.30. The summed E-state index contributed by atoms with van der Waals surface area (Å²) in [4.78, 5) is 49.2. The van der Waals surface area contributed by atoms with Gasteiger partial charge < -0.3 is 23.7 Å². The molecule has 0 aliphatic carbocycles. The molecule has 0 radical (unpaired) electrons. The largest absolute Gasteiger partial charge is 0.463 e. The summed E-state index contributed by atoms with van der Waals surface area (Å²) >= 11 is 0. The van der Waals surface area contributed by atoms with Crippen LogP contribution in [0.3, 0.4) is 0 Å². The molecule has 11 nitrogen and oxygen atoms in total. The van der Waals surface area contributed by atoms with Crippen LogP contribution in [0.1, 0.15) is 45.9 Å². The zero-order chi connectivity index (χ0) is 23.0. The lowest BCUT2D eigenvalue weighted by Crippen LogP contribution is -2.34. The summed E-state index contributed by atoms with van der Waals surface area (Å²) in [6, 6.07) is 0. The van der Waals surface area contributed by atoms with Gasteiger partial charge in [0.25, 0.3) is 5.56 Å². The monoisotopic (exact) mass is 438 g/mol. The van der Waals surface area contributed by atoms with Crippen molar-refractivity contribution in [2.24, 2.45) is 0 Å². The molecule has 31 heavy (non-hydrogen) atoms. The Morgan fingerprint density at radius 3 is 2.48 bits per heavy atom. The molecule has 170 valence electrons. The van der Waals surface area contributed by atoms with Gasteiger partial charge in [0, 0.05) is 39.7 Å². The summed E-state index contributed by atoms with van der Waals surface area (Å²) in [6.07, 6.45) is -1.83. The number of nitrogens with one attached hydrogen (secondary N) is 1. The van der Waals surface area contributed by atoms with Crippen LogP contribution in [0.4, 0.5) is 0 Å². The fourth-order valence-corrected chi connectivity index (χ4v) is 2.92. The second-order valence-electron chi connectivity index (χ2n) is 6.54. The lowest BCUT2D eigenvalue weighted by atomic mass is 10.2. The van der Waals surface area contributed by atoms with Gasteiger partial charge in [-0.05, 0) is 19.8 Å². The lowest BCUT2D eigenvalue weighted by Gasteiger charge is -2.17. The Hall–Kier alpha value is -2.94. The number of aromatic nitrogens is 2. The third-order valence-corrected chi connectivity index (χ3v) is 4.19. The molecule has 1 N–H and O–H groups in total. The summed E-state index contributed by atoms with van der Waals surface area (Å²) in [7, 11) is 0. The third kappa shape index (κ3) is 7.06. The molecular weight excluding hydrogens is 412 g/mol. The second kappa shape index (κ2) is 11.5. The Bertz CT molecular complexity index is 950.